The molecule has 9 heteroatoms. The van der Waals surface area contributed by atoms with Gasteiger partial charge in [0.25, 0.3) is 0 Å². The summed E-state index contributed by atoms with van der Waals surface area (Å²) in [6, 6.07) is 28.0. The molecule has 0 fully saturated rings. The summed E-state index contributed by atoms with van der Waals surface area (Å²) in [5.74, 6) is -0.132. The number of hydrogen-bond acceptors (Lipinski definition) is 6. The van der Waals surface area contributed by atoms with Crippen molar-refractivity contribution < 1.29 is 28.6 Å². The Morgan fingerprint density at radius 1 is 0.738 bits per heavy atom. The molecule has 42 heavy (non-hydrogen) atoms. The first kappa shape index (κ1) is 30.3. The van der Waals surface area contributed by atoms with E-state index in [9.17, 15) is 14.4 Å². The lowest BCUT2D eigenvalue weighted by atomic mass is 10.0. The number of anilines is 1. The van der Waals surface area contributed by atoms with Gasteiger partial charge in [0.2, 0.25) is 5.91 Å². The van der Waals surface area contributed by atoms with Crippen molar-refractivity contribution in [1.82, 2.24) is 5.32 Å². The summed E-state index contributed by atoms with van der Waals surface area (Å²) in [6.45, 7) is 4.09. The molecule has 1 atom stereocenters. The van der Waals surface area contributed by atoms with E-state index in [-0.39, 0.29) is 25.4 Å². The molecule has 4 aromatic rings. The fourth-order valence-electron chi connectivity index (χ4n) is 3.98. The third-order valence-electron chi connectivity index (χ3n) is 6.43. The molecule has 0 aromatic heterocycles. The third-order valence-corrected chi connectivity index (χ3v) is 7.08. The van der Waals surface area contributed by atoms with Crippen LogP contribution in [0.5, 0.6) is 5.75 Å². The quantitative estimate of drug-likeness (QED) is 0.141. The maximum atomic E-state index is 13.4. The Bertz CT molecular complexity index is 1510. The van der Waals surface area contributed by atoms with Gasteiger partial charge in [-0.25, -0.2) is 9.59 Å². The number of rotatable bonds is 10. The predicted molar refractivity (Wildman–Crippen MR) is 163 cm³/mol. The SMILES string of the molecule is Cc1cc(Br)c(NC(=O)[C@@H](Cc2ccc(OC(=O)OCc3ccccc3)cc2)NC(=O)OCc2ccccc2)cc1C. The molecule has 0 aliphatic rings. The van der Waals surface area contributed by atoms with E-state index in [2.05, 4.69) is 26.6 Å². The summed E-state index contributed by atoms with van der Waals surface area (Å²) < 4.78 is 16.5. The number of ether oxygens (including phenoxy) is 3. The van der Waals surface area contributed by atoms with Gasteiger partial charge in [-0.1, -0.05) is 72.8 Å². The van der Waals surface area contributed by atoms with Gasteiger partial charge in [-0.05, 0) is 81.9 Å². The summed E-state index contributed by atoms with van der Waals surface area (Å²) in [4.78, 5) is 38.2. The first-order chi connectivity index (χ1) is 20.3. The fourth-order valence-corrected chi connectivity index (χ4v) is 4.54. The van der Waals surface area contributed by atoms with E-state index < -0.39 is 24.2 Å². The van der Waals surface area contributed by atoms with Crippen molar-refractivity contribution >= 4 is 39.8 Å². The second-order valence-corrected chi connectivity index (χ2v) is 10.5. The number of benzene rings is 4. The first-order valence-corrected chi connectivity index (χ1v) is 14.1. The van der Waals surface area contributed by atoms with E-state index in [1.807, 2.05) is 86.6 Å². The minimum absolute atomic E-state index is 0.0656. The van der Waals surface area contributed by atoms with Crippen molar-refractivity contribution in [3.8, 4) is 5.75 Å². The van der Waals surface area contributed by atoms with Crippen LogP contribution in [-0.4, -0.2) is 24.2 Å². The highest BCUT2D eigenvalue weighted by Gasteiger charge is 2.23. The largest absolute Gasteiger partial charge is 0.514 e. The van der Waals surface area contributed by atoms with Crippen LogP contribution in [0.1, 0.15) is 27.8 Å². The second-order valence-electron chi connectivity index (χ2n) is 9.64. The maximum absolute atomic E-state index is 13.4. The van der Waals surface area contributed by atoms with E-state index in [1.165, 1.54) is 0 Å². The van der Waals surface area contributed by atoms with E-state index in [4.69, 9.17) is 14.2 Å². The number of aryl methyl sites for hydroxylation is 2. The van der Waals surface area contributed by atoms with Crippen molar-refractivity contribution in [2.45, 2.75) is 39.5 Å². The summed E-state index contributed by atoms with van der Waals surface area (Å²) in [6.07, 6.45) is -1.39. The van der Waals surface area contributed by atoms with Crippen LogP contribution in [0.25, 0.3) is 0 Å². The maximum Gasteiger partial charge on any atom is 0.514 e. The van der Waals surface area contributed by atoms with Crippen LogP contribution in [0, 0.1) is 13.8 Å². The van der Waals surface area contributed by atoms with Gasteiger partial charge in [0.15, 0.2) is 0 Å². The first-order valence-electron chi connectivity index (χ1n) is 13.3. The van der Waals surface area contributed by atoms with Crippen LogP contribution in [-0.2, 0) is 33.9 Å². The molecule has 2 N–H and O–H groups in total. The highest BCUT2D eigenvalue weighted by Crippen LogP contribution is 2.26. The molecule has 8 nitrogen and oxygen atoms in total. The highest BCUT2D eigenvalue weighted by atomic mass is 79.9. The number of carbonyl (C=O) groups excluding carboxylic acids is 3. The number of carbonyl (C=O) groups is 3. The van der Waals surface area contributed by atoms with Crippen LogP contribution in [0.2, 0.25) is 0 Å². The minimum Gasteiger partial charge on any atom is -0.445 e. The average Bonchev–Trinajstić information content (AvgIpc) is 2.99. The molecule has 0 saturated heterocycles. The lowest BCUT2D eigenvalue weighted by Crippen LogP contribution is -2.45. The van der Waals surface area contributed by atoms with Crippen molar-refractivity contribution in [2.75, 3.05) is 5.32 Å². The van der Waals surface area contributed by atoms with Crippen molar-refractivity contribution in [2.24, 2.45) is 0 Å². The Hall–Kier alpha value is -4.63. The van der Waals surface area contributed by atoms with Gasteiger partial charge in [0.05, 0.1) is 5.69 Å². The average molecular weight is 632 g/mol. The highest BCUT2D eigenvalue weighted by molar-refractivity contribution is 9.10. The molecular weight excluding hydrogens is 600 g/mol. The van der Waals surface area contributed by atoms with Gasteiger partial charge >= 0.3 is 12.2 Å². The Balaban J connectivity index is 1.41. The molecule has 0 radical (unpaired) electrons. The Morgan fingerprint density at radius 3 is 1.93 bits per heavy atom. The van der Waals surface area contributed by atoms with E-state index in [0.717, 1.165) is 32.3 Å². The summed E-state index contributed by atoms with van der Waals surface area (Å²) in [7, 11) is 0. The molecule has 0 spiro atoms. The monoisotopic (exact) mass is 630 g/mol. The van der Waals surface area contributed by atoms with Crippen molar-refractivity contribution in [1.29, 1.82) is 0 Å². The van der Waals surface area contributed by atoms with E-state index in [0.29, 0.717) is 5.69 Å². The number of halogens is 1. The van der Waals surface area contributed by atoms with Crippen molar-refractivity contribution in [3.63, 3.8) is 0 Å². The van der Waals surface area contributed by atoms with Crippen LogP contribution in [0.3, 0.4) is 0 Å². The number of hydrogen-bond donors (Lipinski definition) is 2. The molecule has 0 aliphatic carbocycles. The minimum atomic E-state index is -0.954. The molecule has 0 saturated carbocycles. The lowest BCUT2D eigenvalue weighted by molar-refractivity contribution is -0.118. The number of alkyl carbamates (subject to hydrolysis) is 1. The standard InChI is InChI=1S/C33H31BrN2O6/c1-22-17-28(34)29(18-23(22)2)35-31(37)30(36-32(38)40-20-25-9-5-3-6-10-25)19-24-13-15-27(16-14-24)42-33(39)41-21-26-11-7-4-8-12-26/h3-18,30H,19-21H2,1-2H3,(H,35,37)(H,36,38)/t30-/m1/s1. The molecule has 216 valence electrons. The summed E-state index contributed by atoms with van der Waals surface area (Å²) >= 11 is 3.50. The van der Waals surface area contributed by atoms with Gasteiger partial charge in [-0.15, -0.1) is 0 Å². The predicted octanol–water partition coefficient (Wildman–Crippen LogP) is 7.26. The molecular formula is C33H31BrN2O6. The smallest absolute Gasteiger partial charge is 0.445 e. The molecule has 4 rings (SSSR count). The van der Waals surface area contributed by atoms with Gasteiger partial charge in [-0.3, -0.25) is 4.79 Å². The van der Waals surface area contributed by atoms with E-state index >= 15 is 0 Å². The van der Waals surface area contributed by atoms with Crippen molar-refractivity contribution in [3.05, 3.63) is 129 Å². The number of amides is 2. The zero-order valence-corrected chi connectivity index (χ0v) is 24.8. The molecule has 0 unspecified atom stereocenters. The molecule has 2 amide bonds. The van der Waals surface area contributed by atoms with Gasteiger partial charge in [0, 0.05) is 10.9 Å². The summed E-state index contributed by atoms with van der Waals surface area (Å²) in [5.41, 5.74) is 5.07. The Labute approximate surface area is 253 Å². The molecule has 0 heterocycles. The van der Waals surface area contributed by atoms with Crippen LogP contribution in [0.15, 0.2) is 102 Å². The van der Waals surface area contributed by atoms with E-state index in [1.54, 1.807) is 24.3 Å². The third kappa shape index (κ3) is 9.21. The molecule has 4 aromatic carbocycles. The number of nitrogens with one attached hydrogen (secondary N) is 2. The van der Waals surface area contributed by atoms with Crippen LogP contribution in [0.4, 0.5) is 15.3 Å². The van der Waals surface area contributed by atoms with Crippen LogP contribution < -0.4 is 15.4 Å². The fraction of sp³-hybridized carbons (Fsp3) is 0.182. The van der Waals surface area contributed by atoms with Gasteiger partial charge in [0.1, 0.15) is 25.0 Å². The Morgan fingerprint density at radius 2 is 1.31 bits per heavy atom. The van der Waals surface area contributed by atoms with Crippen LogP contribution >= 0.6 is 15.9 Å². The zero-order valence-electron chi connectivity index (χ0n) is 23.3. The topological polar surface area (TPSA) is 103 Å². The zero-order chi connectivity index (χ0) is 29.9. The normalized spacial score (nSPS) is 11.2. The Kier molecular flexibility index (Phi) is 10.7. The molecule has 0 bridgehead atoms. The summed E-state index contributed by atoms with van der Waals surface area (Å²) in [5, 5.41) is 5.59. The van der Waals surface area contributed by atoms with Gasteiger partial charge in [-0.2, -0.15) is 0 Å². The lowest BCUT2D eigenvalue weighted by Gasteiger charge is -2.20. The second kappa shape index (κ2) is 14.8. The molecule has 0 aliphatic heterocycles. The van der Waals surface area contributed by atoms with Gasteiger partial charge < -0.3 is 24.8 Å².